The molecule has 23 nitrogen and oxygen atoms in total. The molecular formula is C96H94F6N8O15. The number of rotatable bonds is 31. The monoisotopic (exact) mass is 1710 g/mol. The Morgan fingerprint density at radius 1 is 0.424 bits per heavy atom. The van der Waals surface area contributed by atoms with Crippen LogP contribution in [-0.2, 0) is 47.7 Å². The van der Waals surface area contributed by atoms with Gasteiger partial charge < -0.3 is 60.3 Å². The third kappa shape index (κ3) is 36.1. The van der Waals surface area contributed by atoms with E-state index in [1.807, 2.05) is 188 Å². The van der Waals surface area contributed by atoms with Crippen LogP contribution in [0.1, 0.15) is 85.8 Å². The second kappa shape index (κ2) is 51.7. The average molecular weight is 1710 g/mol. The summed E-state index contributed by atoms with van der Waals surface area (Å²) in [5.74, 6) is 1.35. The van der Waals surface area contributed by atoms with Crippen molar-refractivity contribution in [2.75, 3.05) is 62.1 Å². The summed E-state index contributed by atoms with van der Waals surface area (Å²) in [6, 6.07) is 85.5. The molecule has 6 N–H and O–H groups in total. The summed E-state index contributed by atoms with van der Waals surface area (Å²) >= 11 is 0. The van der Waals surface area contributed by atoms with Crippen molar-refractivity contribution < 1.29 is 93.2 Å². The van der Waals surface area contributed by atoms with Crippen LogP contribution in [0.4, 0.5) is 49.1 Å². The van der Waals surface area contributed by atoms with Gasteiger partial charge in [0.1, 0.15) is 40.0 Å². The number of fused-ring (bicyclic) bond motifs is 1. The van der Waals surface area contributed by atoms with Gasteiger partial charge >= 0.3 is 12.4 Å². The lowest BCUT2D eigenvalue weighted by atomic mass is 10.1. The number of ether oxygens (including phenoxy) is 6. The lowest BCUT2D eigenvalue weighted by Crippen LogP contribution is -2.36. The summed E-state index contributed by atoms with van der Waals surface area (Å²) < 4.78 is 109. The van der Waals surface area contributed by atoms with E-state index in [0.29, 0.717) is 52.4 Å². The van der Waals surface area contributed by atoms with Crippen molar-refractivity contribution in [3.8, 4) is 45.6 Å². The second-order valence-electron chi connectivity index (χ2n) is 27.4. The van der Waals surface area contributed by atoms with Crippen LogP contribution < -0.4 is 60.3 Å². The van der Waals surface area contributed by atoms with Gasteiger partial charge in [0.05, 0.1) is 27.4 Å². The number of ketones is 1. The predicted molar refractivity (Wildman–Crippen MR) is 465 cm³/mol. The van der Waals surface area contributed by atoms with E-state index < -0.39 is 59.3 Å². The minimum absolute atomic E-state index is 0.0178. The van der Waals surface area contributed by atoms with Gasteiger partial charge in [-0.1, -0.05) is 209 Å². The van der Waals surface area contributed by atoms with Crippen molar-refractivity contribution >= 4 is 74.9 Å². The third-order valence-corrected chi connectivity index (χ3v) is 17.8. The summed E-state index contributed by atoms with van der Waals surface area (Å²) in [5, 5.41) is 27.2. The fourth-order valence-electron chi connectivity index (χ4n) is 11.6. The van der Waals surface area contributed by atoms with Crippen LogP contribution in [0.25, 0.3) is 22.0 Å². The Morgan fingerprint density at radius 3 is 1.34 bits per heavy atom. The standard InChI is InChI=1S/C21H16F3NO2.C17H14F3NO3.C17H13N3O4.C15H15NO2.C13H17NO2.C13H19NO2/c22-21(23,24)18-8-4-5-9-19(18)25-20(26)14-27-17-12-10-16(11-13-17)15-6-2-1-3-7-15;1-11(22)12-6-8-13(9-7-12)24-10-16(23)21-15-5-3-2-4-14(15)17(18,19)20;21-16(19-13-6-2-7-14(10-13)20(22)23)11-24-15-8-1-4-12-5-3-9-18-17(12)15;17-15(12-18-14-9-5-2-6-10-14)16-11-13-7-3-1-4-8-13;15-13(14-11-6-4-5-7-11)10-16-12-8-2-1-3-9-12;1-2-3-7-10-14-13(15)11-16-12-8-5-4-6-9-12/h1-13H,14H2,(H,25,26);2-9H,10H2,1H3,(H,21,23);1-10H,11H2,(H,19,21);1-10H,11-12H2,(H,16,17);1-3,8-9,11H,4-7,10H2,(H,14,15);4-6,8-9H,2-3,7,10-11H2,1H3,(H,14,15). The molecule has 11 aromatic carbocycles. The summed E-state index contributed by atoms with van der Waals surface area (Å²) in [7, 11) is 0. The molecule has 0 aliphatic heterocycles. The Morgan fingerprint density at radius 2 is 0.840 bits per heavy atom. The molecule has 1 fully saturated rings. The van der Waals surface area contributed by atoms with Crippen LogP contribution >= 0.6 is 0 Å². The topological polar surface area (TPSA) is 303 Å². The molecule has 0 atom stereocenters. The Hall–Kier alpha value is -14.9. The maximum atomic E-state index is 12.9. The number of para-hydroxylation sites is 6. The van der Waals surface area contributed by atoms with E-state index >= 15 is 0 Å². The molecule has 1 aliphatic carbocycles. The minimum atomic E-state index is -4.56. The largest absolute Gasteiger partial charge is 0.484 e. The number of hydrogen-bond donors (Lipinski definition) is 6. The maximum Gasteiger partial charge on any atom is 0.418 e. The molecule has 13 rings (SSSR count). The van der Waals surface area contributed by atoms with E-state index in [-0.39, 0.29) is 67.0 Å². The Labute approximate surface area is 719 Å². The third-order valence-electron chi connectivity index (χ3n) is 17.8. The number of hydrogen-bond acceptors (Lipinski definition) is 16. The zero-order valence-electron chi connectivity index (χ0n) is 68.4. The molecule has 1 saturated carbocycles. The number of non-ortho nitro benzene ring substituents is 1. The van der Waals surface area contributed by atoms with Crippen LogP contribution in [0.3, 0.4) is 0 Å². The zero-order valence-corrected chi connectivity index (χ0v) is 68.4. The molecule has 1 aliphatic rings. The number of aromatic nitrogens is 1. The molecule has 650 valence electrons. The molecule has 0 unspecified atom stereocenters. The van der Waals surface area contributed by atoms with Gasteiger partial charge in [-0.3, -0.25) is 48.7 Å². The number of benzene rings is 11. The Kier molecular flexibility index (Phi) is 39.5. The normalized spacial score (nSPS) is 11.2. The highest BCUT2D eigenvalue weighted by Crippen LogP contribution is 2.36. The van der Waals surface area contributed by atoms with Gasteiger partial charge in [-0.05, 0) is 158 Å². The lowest BCUT2D eigenvalue weighted by molar-refractivity contribution is -0.384. The van der Waals surface area contributed by atoms with Crippen molar-refractivity contribution in [3.05, 3.63) is 342 Å². The molecule has 0 radical (unpaired) electrons. The van der Waals surface area contributed by atoms with Crippen molar-refractivity contribution in [2.24, 2.45) is 0 Å². The van der Waals surface area contributed by atoms with Crippen LogP contribution in [0.2, 0.25) is 0 Å². The first kappa shape index (κ1) is 95.6. The van der Waals surface area contributed by atoms with Crippen molar-refractivity contribution in [3.63, 3.8) is 0 Å². The number of nitrogens with zero attached hydrogens (tertiary/aromatic N) is 2. The summed E-state index contributed by atoms with van der Waals surface area (Å²) in [5.41, 5.74) is 2.08. The van der Waals surface area contributed by atoms with E-state index in [0.717, 1.165) is 84.4 Å². The number of alkyl halides is 6. The van der Waals surface area contributed by atoms with E-state index in [1.54, 1.807) is 30.5 Å². The second-order valence-corrected chi connectivity index (χ2v) is 27.4. The number of pyridine rings is 1. The van der Waals surface area contributed by atoms with Gasteiger partial charge in [0.2, 0.25) is 0 Å². The molecule has 0 saturated heterocycles. The quantitative estimate of drug-likeness (QED) is 0.00773. The van der Waals surface area contributed by atoms with Crippen LogP contribution in [0.5, 0.6) is 34.5 Å². The molecule has 29 heteroatoms. The van der Waals surface area contributed by atoms with Crippen LogP contribution in [-0.4, -0.2) is 103 Å². The van der Waals surface area contributed by atoms with Crippen molar-refractivity contribution in [1.82, 2.24) is 20.9 Å². The minimum Gasteiger partial charge on any atom is -0.484 e. The first-order valence-corrected chi connectivity index (χ1v) is 39.7. The lowest BCUT2D eigenvalue weighted by Gasteiger charge is -2.14. The number of halogens is 6. The Balaban J connectivity index is 0.000000188. The van der Waals surface area contributed by atoms with E-state index in [1.165, 1.54) is 98.6 Å². The molecular weight excluding hydrogens is 1620 g/mol. The molecule has 6 amide bonds. The number of amides is 6. The fourth-order valence-corrected chi connectivity index (χ4v) is 11.6. The molecule has 0 bridgehead atoms. The molecule has 1 aromatic heterocycles. The van der Waals surface area contributed by atoms with Gasteiger partial charge in [-0.25, -0.2) is 0 Å². The number of carbonyl (C=O) groups is 7. The number of carbonyl (C=O) groups excluding carboxylic acids is 7. The molecule has 125 heavy (non-hydrogen) atoms. The molecule has 1 heterocycles. The summed E-state index contributed by atoms with van der Waals surface area (Å²) in [6.07, 6.45) is 0.566. The van der Waals surface area contributed by atoms with Crippen molar-refractivity contribution in [2.45, 2.75) is 83.7 Å². The predicted octanol–water partition coefficient (Wildman–Crippen LogP) is 19.4. The molecule has 12 aromatic rings. The summed E-state index contributed by atoms with van der Waals surface area (Å²) in [6.45, 7) is 4.00. The van der Waals surface area contributed by atoms with E-state index in [4.69, 9.17) is 28.4 Å². The van der Waals surface area contributed by atoms with E-state index in [9.17, 15) is 70.0 Å². The number of nitro groups is 1. The van der Waals surface area contributed by atoms with Gasteiger partial charge in [-0.15, -0.1) is 0 Å². The van der Waals surface area contributed by atoms with Gasteiger partial charge in [-0.2, -0.15) is 26.3 Å². The van der Waals surface area contributed by atoms with Gasteiger partial charge in [0.25, 0.3) is 41.1 Å². The molecule has 0 spiro atoms. The number of anilines is 3. The fraction of sp³-hybridized carbons (Fsp3) is 0.208. The van der Waals surface area contributed by atoms with Crippen molar-refractivity contribution in [1.29, 1.82) is 0 Å². The highest BCUT2D eigenvalue weighted by Gasteiger charge is 2.35. The van der Waals surface area contributed by atoms with Gasteiger partial charge in [0.15, 0.2) is 45.4 Å². The number of nitrogens with one attached hydrogen (secondary N) is 6. The Bertz CT molecular complexity index is 5290. The van der Waals surface area contributed by atoms with Gasteiger partial charge in [0, 0.05) is 54.1 Å². The number of nitro benzene ring substituents is 1. The first-order chi connectivity index (χ1) is 60.3. The number of unbranched alkanes of at least 4 members (excludes halogenated alkanes) is 2. The van der Waals surface area contributed by atoms with Crippen LogP contribution in [0, 0.1) is 10.1 Å². The number of Topliss-reactive ketones (excluding diaryl/α,β-unsaturated/α-hetero) is 1. The smallest absolute Gasteiger partial charge is 0.418 e. The highest BCUT2D eigenvalue weighted by atomic mass is 19.4. The first-order valence-electron chi connectivity index (χ1n) is 39.7. The van der Waals surface area contributed by atoms with E-state index in [2.05, 4.69) is 43.8 Å². The highest BCUT2D eigenvalue weighted by molar-refractivity contribution is 5.95. The average Bonchev–Trinajstić information content (AvgIpc) is 1.02. The zero-order chi connectivity index (χ0) is 89.4. The maximum absolute atomic E-state index is 12.9. The summed E-state index contributed by atoms with van der Waals surface area (Å²) in [4.78, 5) is 95.7. The van der Waals surface area contributed by atoms with Crippen LogP contribution in [0.15, 0.2) is 310 Å². The SMILES string of the molecule is CC(=O)c1ccc(OCC(=O)Nc2ccccc2C(F)(F)F)cc1.CCCCCNC(=O)COc1ccccc1.O=C(COc1ccc(-c2ccccc2)cc1)Nc1ccccc1C(F)(F)F.O=C(COc1cccc2cccnc12)Nc1cccc([N+](=O)[O-])c1.O=C(COc1ccccc1)NC1CCCC1.O=C(COc1ccccc1)NCc1ccccc1.